The summed E-state index contributed by atoms with van der Waals surface area (Å²) in [5.74, 6) is -1.79. The maximum absolute atomic E-state index is 15.5. The van der Waals surface area contributed by atoms with E-state index in [1.165, 1.54) is 33.0 Å². The zero-order chi connectivity index (χ0) is 26.4. The molecule has 186 valence electrons. The first-order chi connectivity index (χ1) is 16.9. The molecule has 4 rings (SSSR count). The highest BCUT2D eigenvalue weighted by molar-refractivity contribution is 6.31. The first-order valence-corrected chi connectivity index (χ1v) is 11.9. The minimum absolute atomic E-state index is 0.0226. The van der Waals surface area contributed by atoms with Gasteiger partial charge in [0.1, 0.15) is 5.82 Å². The van der Waals surface area contributed by atoms with Crippen LogP contribution in [-0.4, -0.2) is 25.8 Å². The SMILES string of the molecule is Cc1ccc2cc(CCc3c(Cl)ccc(F)c3-c3c(C(C)(C)C(=O)O)c(C)nn(C)c3=O)ccc2n1. The van der Waals surface area contributed by atoms with Crippen LogP contribution in [0.25, 0.3) is 22.0 Å². The quantitative estimate of drug-likeness (QED) is 0.369. The van der Waals surface area contributed by atoms with Crippen LogP contribution in [0.5, 0.6) is 0 Å². The molecule has 0 amide bonds. The van der Waals surface area contributed by atoms with Gasteiger partial charge in [0.15, 0.2) is 0 Å². The summed E-state index contributed by atoms with van der Waals surface area (Å²) in [5, 5.41) is 15.4. The van der Waals surface area contributed by atoms with Crippen molar-refractivity contribution in [3.05, 3.63) is 91.7 Å². The molecule has 4 aromatic rings. The van der Waals surface area contributed by atoms with Crippen molar-refractivity contribution < 1.29 is 14.3 Å². The minimum atomic E-state index is -1.49. The number of rotatable bonds is 6. The van der Waals surface area contributed by atoms with E-state index in [1.54, 1.807) is 6.92 Å². The van der Waals surface area contributed by atoms with E-state index in [0.717, 1.165) is 26.8 Å². The van der Waals surface area contributed by atoms with Gasteiger partial charge in [-0.15, -0.1) is 0 Å². The lowest BCUT2D eigenvalue weighted by molar-refractivity contribution is -0.142. The number of hydrogen-bond donors (Lipinski definition) is 1. The fourth-order valence-corrected chi connectivity index (χ4v) is 4.94. The number of aromatic nitrogens is 3. The lowest BCUT2D eigenvalue weighted by Gasteiger charge is -2.26. The van der Waals surface area contributed by atoms with Crippen molar-refractivity contribution in [3.63, 3.8) is 0 Å². The van der Waals surface area contributed by atoms with Crippen LogP contribution in [0, 0.1) is 19.7 Å². The maximum Gasteiger partial charge on any atom is 0.313 e. The molecule has 2 aromatic carbocycles. The van der Waals surface area contributed by atoms with Gasteiger partial charge in [-0.05, 0) is 82.0 Å². The Balaban J connectivity index is 1.88. The zero-order valence-electron chi connectivity index (χ0n) is 20.8. The zero-order valence-corrected chi connectivity index (χ0v) is 21.6. The molecule has 0 saturated carbocycles. The topological polar surface area (TPSA) is 85.1 Å². The molecule has 2 heterocycles. The van der Waals surface area contributed by atoms with Gasteiger partial charge < -0.3 is 5.11 Å². The molecule has 0 radical (unpaired) electrons. The molecule has 0 spiro atoms. The lowest BCUT2D eigenvalue weighted by Crippen LogP contribution is -2.35. The average Bonchev–Trinajstić information content (AvgIpc) is 2.81. The Kier molecular flexibility index (Phi) is 6.71. The second-order valence-corrected chi connectivity index (χ2v) is 9.96. The molecule has 36 heavy (non-hydrogen) atoms. The molecule has 2 aromatic heterocycles. The number of fused-ring (bicyclic) bond motifs is 1. The summed E-state index contributed by atoms with van der Waals surface area (Å²) in [6.07, 6.45) is 0.871. The van der Waals surface area contributed by atoms with Gasteiger partial charge in [-0.25, -0.2) is 9.07 Å². The van der Waals surface area contributed by atoms with E-state index in [1.807, 2.05) is 37.3 Å². The van der Waals surface area contributed by atoms with Crippen LogP contribution < -0.4 is 5.56 Å². The van der Waals surface area contributed by atoms with Crippen LogP contribution in [0.15, 0.2) is 47.3 Å². The number of carboxylic acid groups (broad SMARTS) is 1. The third-order valence-electron chi connectivity index (χ3n) is 6.59. The van der Waals surface area contributed by atoms with Crippen molar-refractivity contribution in [1.82, 2.24) is 14.8 Å². The van der Waals surface area contributed by atoms with Gasteiger partial charge in [-0.1, -0.05) is 23.7 Å². The summed E-state index contributed by atoms with van der Waals surface area (Å²) >= 11 is 6.57. The molecule has 0 aliphatic heterocycles. The molecular weight excluding hydrogens is 481 g/mol. The van der Waals surface area contributed by atoms with E-state index >= 15 is 4.39 Å². The van der Waals surface area contributed by atoms with Crippen molar-refractivity contribution in [2.75, 3.05) is 0 Å². The van der Waals surface area contributed by atoms with Gasteiger partial charge in [0.05, 0.1) is 22.2 Å². The summed E-state index contributed by atoms with van der Waals surface area (Å²) in [7, 11) is 1.46. The summed E-state index contributed by atoms with van der Waals surface area (Å²) in [5.41, 5.74) is 1.71. The van der Waals surface area contributed by atoms with Gasteiger partial charge in [0.2, 0.25) is 0 Å². The fraction of sp³-hybridized carbons (Fsp3) is 0.286. The first kappa shape index (κ1) is 25.5. The molecule has 0 aliphatic carbocycles. The first-order valence-electron chi connectivity index (χ1n) is 11.6. The van der Waals surface area contributed by atoms with Crippen molar-refractivity contribution in [2.24, 2.45) is 7.05 Å². The van der Waals surface area contributed by atoms with Crippen LogP contribution in [0.2, 0.25) is 5.02 Å². The van der Waals surface area contributed by atoms with Crippen LogP contribution in [-0.2, 0) is 30.1 Å². The van der Waals surface area contributed by atoms with E-state index in [2.05, 4.69) is 10.1 Å². The number of carbonyl (C=O) groups is 1. The molecule has 0 unspecified atom stereocenters. The van der Waals surface area contributed by atoms with Gasteiger partial charge in [-0.2, -0.15) is 5.10 Å². The normalized spacial score (nSPS) is 11.8. The van der Waals surface area contributed by atoms with Crippen molar-refractivity contribution >= 4 is 28.5 Å². The molecule has 0 aliphatic rings. The Labute approximate surface area is 213 Å². The van der Waals surface area contributed by atoms with Crippen LogP contribution in [0.4, 0.5) is 4.39 Å². The second kappa shape index (κ2) is 9.47. The number of halogens is 2. The van der Waals surface area contributed by atoms with Crippen molar-refractivity contribution in [1.29, 1.82) is 0 Å². The third kappa shape index (κ3) is 4.51. The molecule has 0 fully saturated rings. The highest BCUT2D eigenvalue weighted by Crippen LogP contribution is 2.38. The summed E-state index contributed by atoms with van der Waals surface area (Å²) in [4.78, 5) is 30.1. The number of nitrogens with zero attached hydrogens (tertiary/aromatic N) is 3. The minimum Gasteiger partial charge on any atom is -0.481 e. The molecule has 0 atom stereocenters. The molecule has 1 N–H and O–H groups in total. The Morgan fingerprint density at radius 2 is 1.81 bits per heavy atom. The predicted molar refractivity (Wildman–Crippen MR) is 139 cm³/mol. The molecule has 0 saturated heterocycles. The predicted octanol–water partition coefficient (Wildman–Crippen LogP) is 5.55. The van der Waals surface area contributed by atoms with Gasteiger partial charge >= 0.3 is 5.97 Å². The highest BCUT2D eigenvalue weighted by atomic mass is 35.5. The van der Waals surface area contributed by atoms with E-state index in [0.29, 0.717) is 29.1 Å². The molecule has 8 heteroatoms. The van der Waals surface area contributed by atoms with E-state index in [9.17, 15) is 14.7 Å². The Morgan fingerprint density at radius 1 is 1.08 bits per heavy atom. The Hall–Kier alpha value is -3.58. The number of hydrogen-bond acceptors (Lipinski definition) is 4. The van der Waals surface area contributed by atoms with Crippen molar-refractivity contribution in [3.8, 4) is 11.1 Å². The van der Waals surface area contributed by atoms with Crippen LogP contribution in [0.1, 0.15) is 41.9 Å². The number of aryl methyl sites for hydroxylation is 4. The van der Waals surface area contributed by atoms with Crippen LogP contribution >= 0.6 is 11.6 Å². The Bertz CT molecular complexity index is 1580. The molecular formula is C28H27ClFN3O3. The fourth-order valence-electron chi connectivity index (χ4n) is 4.68. The van der Waals surface area contributed by atoms with E-state index in [-0.39, 0.29) is 16.7 Å². The lowest BCUT2D eigenvalue weighted by atomic mass is 9.78. The molecule has 6 nitrogen and oxygen atoms in total. The smallest absolute Gasteiger partial charge is 0.313 e. The number of carboxylic acids is 1. The second-order valence-electron chi connectivity index (χ2n) is 9.56. The van der Waals surface area contributed by atoms with Crippen molar-refractivity contribution in [2.45, 2.75) is 46.0 Å². The highest BCUT2D eigenvalue weighted by Gasteiger charge is 2.37. The van der Waals surface area contributed by atoms with E-state index in [4.69, 9.17) is 11.6 Å². The number of benzene rings is 2. The van der Waals surface area contributed by atoms with E-state index < -0.39 is 22.8 Å². The maximum atomic E-state index is 15.5. The summed E-state index contributed by atoms with van der Waals surface area (Å²) in [6, 6.07) is 12.6. The monoisotopic (exact) mass is 507 g/mol. The Morgan fingerprint density at radius 3 is 2.50 bits per heavy atom. The van der Waals surface area contributed by atoms with Gasteiger partial charge in [-0.3, -0.25) is 14.6 Å². The molecule has 0 bridgehead atoms. The third-order valence-corrected chi connectivity index (χ3v) is 6.94. The van der Waals surface area contributed by atoms with Gasteiger partial charge in [0, 0.05) is 34.3 Å². The number of pyridine rings is 1. The largest absolute Gasteiger partial charge is 0.481 e. The van der Waals surface area contributed by atoms with Gasteiger partial charge in [0.25, 0.3) is 5.56 Å². The van der Waals surface area contributed by atoms with Crippen LogP contribution in [0.3, 0.4) is 0 Å². The number of aliphatic carboxylic acids is 1. The summed E-state index contributed by atoms with van der Waals surface area (Å²) in [6.45, 7) is 6.52. The standard InChI is InChI=1S/C28H27ClFN3O3/c1-15-6-9-18-14-17(8-13-22(18)31-15)7-10-19-20(29)11-12-21(30)23(19)24-25(28(3,4)27(35)36)16(2)32-33(5)26(24)34/h6,8-9,11-14H,7,10H2,1-5H3,(H,35,36). The average molecular weight is 508 g/mol. The summed E-state index contributed by atoms with van der Waals surface area (Å²) < 4.78 is 16.6.